The maximum atomic E-state index is 5.50. The number of hydrogen-bond donors (Lipinski definition) is 0. The fourth-order valence-corrected chi connectivity index (χ4v) is 5.57. The van der Waals surface area contributed by atoms with Gasteiger partial charge in [-0.1, -0.05) is 72.8 Å². The van der Waals surface area contributed by atoms with E-state index >= 15 is 0 Å². The summed E-state index contributed by atoms with van der Waals surface area (Å²) in [5.74, 6) is 0.918. The van der Waals surface area contributed by atoms with Crippen LogP contribution in [-0.2, 0) is 0 Å². The fraction of sp³-hybridized carbons (Fsp3) is 0.0526. The third-order valence-corrected chi connectivity index (χ3v) is 6.87. The second-order valence-corrected chi connectivity index (χ2v) is 7.66. The first-order valence-electron chi connectivity index (χ1n) is 7.14. The van der Waals surface area contributed by atoms with Gasteiger partial charge in [-0.05, 0) is 29.9 Å². The van der Waals surface area contributed by atoms with Crippen molar-refractivity contribution < 1.29 is 4.74 Å². The molecule has 0 saturated heterocycles. The molecule has 0 N–H and O–H groups in total. The molecule has 0 aliphatic heterocycles. The van der Waals surface area contributed by atoms with Gasteiger partial charge in [-0.25, -0.2) is 0 Å². The van der Waals surface area contributed by atoms with E-state index in [0.717, 1.165) is 11.1 Å². The molecular formula is C19H18OP2. The lowest BCUT2D eigenvalue weighted by Gasteiger charge is -2.22. The number of benzene rings is 3. The molecule has 0 radical (unpaired) electrons. The highest BCUT2D eigenvalue weighted by Crippen LogP contribution is 2.33. The van der Waals surface area contributed by atoms with E-state index in [0.29, 0.717) is 0 Å². The van der Waals surface area contributed by atoms with Gasteiger partial charge in [-0.15, -0.1) is 9.24 Å². The molecule has 1 nitrogen and oxygen atoms in total. The van der Waals surface area contributed by atoms with Crippen LogP contribution >= 0.6 is 17.2 Å². The highest BCUT2D eigenvalue weighted by molar-refractivity contribution is 7.80. The number of methoxy groups -OCH3 is 1. The lowest BCUT2D eigenvalue weighted by Crippen LogP contribution is -2.28. The van der Waals surface area contributed by atoms with E-state index in [9.17, 15) is 0 Å². The van der Waals surface area contributed by atoms with Gasteiger partial charge in [0.25, 0.3) is 0 Å². The van der Waals surface area contributed by atoms with Crippen LogP contribution in [0.4, 0.5) is 0 Å². The summed E-state index contributed by atoms with van der Waals surface area (Å²) >= 11 is 0. The lowest BCUT2D eigenvalue weighted by atomic mass is 10.3. The van der Waals surface area contributed by atoms with E-state index in [1.54, 1.807) is 7.11 Å². The van der Waals surface area contributed by atoms with E-state index in [4.69, 9.17) is 4.74 Å². The van der Waals surface area contributed by atoms with Gasteiger partial charge < -0.3 is 4.74 Å². The normalized spacial score (nSPS) is 10.7. The SMILES string of the molecule is COc1cccc(P(c2ccccc2)c2ccccc2)c1P. The molecule has 0 saturated carbocycles. The van der Waals surface area contributed by atoms with Crippen LogP contribution in [-0.4, -0.2) is 7.11 Å². The third-order valence-electron chi connectivity index (χ3n) is 3.53. The first kappa shape index (κ1) is 15.2. The molecule has 0 aliphatic rings. The van der Waals surface area contributed by atoms with Crippen molar-refractivity contribution in [1.29, 1.82) is 0 Å². The Morgan fingerprint density at radius 1 is 0.727 bits per heavy atom. The molecule has 0 amide bonds. The monoisotopic (exact) mass is 324 g/mol. The van der Waals surface area contributed by atoms with Crippen LogP contribution in [0.1, 0.15) is 0 Å². The molecule has 3 aromatic rings. The van der Waals surface area contributed by atoms with Crippen LogP contribution in [0.15, 0.2) is 78.9 Å². The van der Waals surface area contributed by atoms with E-state index in [2.05, 4.69) is 82.0 Å². The summed E-state index contributed by atoms with van der Waals surface area (Å²) in [5, 5.41) is 5.15. The Hall–Kier alpha value is -1.68. The van der Waals surface area contributed by atoms with Gasteiger partial charge in [0.1, 0.15) is 5.75 Å². The van der Waals surface area contributed by atoms with Gasteiger partial charge in [0.05, 0.1) is 7.11 Å². The molecule has 0 aliphatic carbocycles. The lowest BCUT2D eigenvalue weighted by molar-refractivity contribution is 0.418. The zero-order chi connectivity index (χ0) is 15.4. The summed E-state index contributed by atoms with van der Waals surface area (Å²) < 4.78 is 5.50. The Kier molecular flexibility index (Phi) is 4.88. The minimum atomic E-state index is -0.590. The highest BCUT2D eigenvalue weighted by atomic mass is 31.1. The minimum absolute atomic E-state index is 0.590. The Labute approximate surface area is 135 Å². The number of hydrogen-bond acceptors (Lipinski definition) is 1. The minimum Gasteiger partial charge on any atom is -0.496 e. The summed E-state index contributed by atoms with van der Waals surface area (Å²) in [6.45, 7) is 0. The van der Waals surface area contributed by atoms with Crippen LogP contribution in [0.25, 0.3) is 0 Å². The molecule has 1 unspecified atom stereocenters. The molecule has 22 heavy (non-hydrogen) atoms. The topological polar surface area (TPSA) is 9.23 Å². The molecule has 3 rings (SSSR count). The van der Waals surface area contributed by atoms with Gasteiger partial charge in [-0.3, -0.25) is 0 Å². The van der Waals surface area contributed by atoms with Crippen molar-refractivity contribution in [3.05, 3.63) is 78.9 Å². The fourth-order valence-electron chi connectivity index (χ4n) is 2.49. The Morgan fingerprint density at radius 2 is 1.27 bits per heavy atom. The van der Waals surface area contributed by atoms with E-state index in [1.807, 2.05) is 6.07 Å². The third kappa shape index (κ3) is 3.07. The quantitative estimate of drug-likeness (QED) is 0.671. The Morgan fingerprint density at radius 3 is 1.77 bits per heavy atom. The van der Waals surface area contributed by atoms with Gasteiger partial charge in [0.2, 0.25) is 0 Å². The van der Waals surface area contributed by atoms with Crippen molar-refractivity contribution in [2.24, 2.45) is 0 Å². The van der Waals surface area contributed by atoms with Crippen molar-refractivity contribution in [3.8, 4) is 5.75 Å². The summed E-state index contributed by atoms with van der Waals surface area (Å²) in [7, 11) is 3.98. The smallest absolute Gasteiger partial charge is 0.126 e. The average Bonchev–Trinajstić information content (AvgIpc) is 2.59. The second-order valence-electron chi connectivity index (χ2n) is 4.90. The molecular weight excluding hydrogens is 306 g/mol. The molecule has 1 atom stereocenters. The van der Waals surface area contributed by atoms with Crippen LogP contribution in [0.3, 0.4) is 0 Å². The van der Waals surface area contributed by atoms with Gasteiger partial charge in [-0.2, -0.15) is 0 Å². The Balaban J connectivity index is 2.19. The average molecular weight is 324 g/mol. The summed E-state index contributed by atoms with van der Waals surface area (Å²) in [4.78, 5) is 0. The van der Waals surface area contributed by atoms with Crippen LogP contribution in [0, 0.1) is 0 Å². The molecule has 0 bridgehead atoms. The summed E-state index contributed by atoms with van der Waals surface area (Å²) in [6, 6.07) is 27.7. The van der Waals surface area contributed by atoms with Crippen molar-refractivity contribution in [3.63, 3.8) is 0 Å². The highest BCUT2D eigenvalue weighted by Gasteiger charge is 2.19. The molecule has 3 aromatic carbocycles. The standard InChI is InChI=1S/C19H18OP2/c1-20-17-13-8-14-18(19(17)21)22(15-9-4-2-5-10-15)16-11-6-3-7-12-16/h2-14H,21H2,1H3. The van der Waals surface area contributed by atoms with Gasteiger partial charge in [0.15, 0.2) is 0 Å². The van der Waals surface area contributed by atoms with Crippen LogP contribution < -0.4 is 26.0 Å². The molecule has 0 aromatic heterocycles. The summed E-state index contributed by atoms with van der Waals surface area (Å²) in [6.07, 6.45) is 0. The van der Waals surface area contributed by atoms with Crippen molar-refractivity contribution in [2.75, 3.05) is 7.11 Å². The Bertz CT molecular complexity index is 702. The molecule has 110 valence electrons. The largest absolute Gasteiger partial charge is 0.496 e. The van der Waals surface area contributed by atoms with E-state index in [1.165, 1.54) is 15.9 Å². The zero-order valence-electron chi connectivity index (χ0n) is 12.4. The maximum absolute atomic E-state index is 5.50. The van der Waals surface area contributed by atoms with E-state index in [-0.39, 0.29) is 0 Å². The first-order valence-corrected chi connectivity index (χ1v) is 9.06. The molecule has 0 heterocycles. The molecule has 0 fully saturated rings. The number of ether oxygens (including phenoxy) is 1. The van der Waals surface area contributed by atoms with Crippen molar-refractivity contribution in [1.82, 2.24) is 0 Å². The molecule has 3 heteroatoms. The van der Waals surface area contributed by atoms with Crippen molar-refractivity contribution >= 4 is 38.4 Å². The van der Waals surface area contributed by atoms with Crippen LogP contribution in [0.2, 0.25) is 0 Å². The predicted octanol–water partition coefficient (Wildman–Crippen LogP) is 2.95. The summed E-state index contributed by atoms with van der Waals surface area (Å²) in [5.41, 5.74) is 0. The van der Waals surface area contributed by atoms with Gasteiger partial charge >= 0.3 is 0 Å². The predicted molar refractivity (Wildman–Crippen MR) is 101 cm³/mol. The van der Waals surface area contributed by atoms with Crippen molar-refractivity contribution in [2.45, 2.75) is 0 Å². The maximum Gasteiger partial charge on any atom is 0.126 e. The number of rotatable bonds is 4. The zero-order valence-corrected chi connectivity index (χ0v) is 14.5. The van der Waals surface area contributed by atoms with Gasteiger partial charge in [0, 0.05) is 5.30 Å². The second kappa shape index (κ2) is 7.05. The van der Waals surface area contributed by atoms with E-state index < -0.39 is 7.92 Å². The van der Waals surface area contributed by atoms with Crippen LogP contribution in [0.5, 0.6) is 5.75 Å². The molecule has 0 spiro atoms. The first-order chi connectivity index (χ1) is 10.8.